The van der Waals surface area contributed by atoms with Gasteiger partial charge in [-0.1, -0.05) is 13.8 Å². The van der Waals surface area contributed by atoms with Crippen LogP contribution in [-0.2, 0) is 19.2 Å². The van der Waals surface area contributed by atoms with Gasteiger partial charge >= 0.3 is 0 Å². The Kier molecular flexibility index (Phi) is 12.5. The molecule has 8 N–H and O–H groups in total. The van der Waals surface area contributed by atoms with E-state index < -0.39 is 35.8 Å². The second kappa shape index (κ2) is 13.3. The molecule has 1 rings (SSSR count). The Hall–Kier alpha value is -1.91. The zero-order chi connectivity index (χ0) is 21.3. The standard InChI is InChI=1S/C18H34N6O4.ClH/c1-11(2)15(16(21)26)23-17(27)13-7-5-9-24(13)18(28)12(6-3-4-8-19)22-14(25)10-20;/h11-13,15H,3-10,19-20H2,1-2H3,(H2,21,26)(H,22,25)(H,23,27);1H/t12-,13-,15-;/m0./s1. The number of nitrogens with two attached hydrogens (primary N) is 3. The fourth-order valence-corrected chi connectivity index (χ4v) is 3.32. The van der Waals surface area contributed by atoms with E-state index in [0.29, 0.717) is 38.8 Å². The lowest BCUT2D eigenvalue weighted by atomic mass is 10.0. The topological polar surface area (TPSA) is 174 Å². The van der Waals surface area contributed by atoms with Gasteiger partial charge in [0.15, 0.2) is 0 Å². The number of amides is 4. The Labute approximate surface area is 178 Å². The summed E-state index contributed by atoms with van der Waals surface area (Å²) in [5.41, 5.74) is 16.2. The maximum absolute atomic E-state index is 13.0. The molecule has 4 amide bonds. The van der Waals surface area contributed by atoms with Crippen molar-refractivity contribution in [3.8, 4) is 0 Å². The van der Waals surface area contributed by atoms with Gasteiger partial charge in [-0.25, -0.2) is 0 Å². The van der Waals surface area contributed by atoms with Crippen molar-refractivity contribution in [2.45, 2.75) is 64.1 Å². The van der Waals surface area contributed by atoms with E-state index in [4.69, 9.17) is 17.2 Å². The van der Waals surface area contributed by atoms with E-state index >= 15 is 0 Å². The zero-order valence-electron chi connectivity index (χ0n) is 17.2. The van der Waals surface area contributed by atoms with Crippen LogP contribution in [0.15, 0.2) is 0 Å². The van der Waals surface area contributed by atoms with Gasteiger partial charge in [0.25, 0.3) is 0 Å². The number of carbonyl (C=O) groups excluding carboxylic acids is 4. The first kappa shape index (κ1) is 27.1. The lowest BCUT2D eigenvalue weighted by Gasteiger charge is -2.30. The highest BCUT2D eigenvalue weighted by Gasteiger charge is 2.38. The van der Waals surface area contributed by atoms with Crippen LogP contribution in [0.1, 0.15) is 46.0 Å². The molecule has 1 aliphatic rings. The lowest BCUT2D eigenvalue weighted by molar-refractivity contribution is -0.142. The predicted molar refractivity (Wildman–Crippen MR) is 112 cm³/mol. The van der Waals surface area contributed by atoms with Crippen LogP contribution in [0.25, 0.3) is 0 Å². The van der Waals surface area contributed by atoms with Gasteiger partial charge in [0.1, 0.15) is 18.1 Å². The number of likely N-dealkylation sites (tertiary alicyclic amines) is 1. The van der Waals surface area contributed by atoms with Gasteiger partial charge in [-0.2, -0.15) is 0 Å². The van der Waals surface area contributed by atoms with Gasteiger partial charge in [-0.3, -0.25) is 19.2 Å². The van der Waals surface area contributed by atoms with E-state index in [2.05, 4.69) is 10.6 Å². The molecule has 29 heavy (non-hydrogen) atoms. The molecule has 0 spiro atoms. The molecule has 1 fully saturated rings. The molecule has 0 unspecified atom stereocenters. The van der Waals surface area contributed by atoms with E-state index in [-0.39, 0.29) is 30.8 Å². The number of rotatable bonds is 11. The number of hydrogen-bond acceptors (Lipinski definition) is 6. The molecular weight excluding hydrogens is 400 g/mol. The van der Waals surface area contributed by atoms with Crippen molar-refractivity contribution in [3.63, 3.8) is 0 Å². The Bertz CT molecular complexity index is 575. The lowest BCUT2D eigenvalue weighted by Crippen LogP contribution is -2.57. The Balaban J connectivity index is 0.00000784. The molecule has 1 saturated heterocycles. The number of halogens is 1. The minimum Gasteiger partial charge on any atom is -0.368 e. The summed E-state index contributed by atoms with van der Waals surface area (Å²) in [6.07, 6.45) is 2.96. The number of primary amides is 1. The SMILES string of the molecule is CC(C)[C@H](NC(=O)[C@@H]1CCCN1C(=O)[C@H](CCCCN)NC(=O)CN)C(N)=O.Cl. The molecule has 0 aromatic heterocycles. The molecule has 0 aromatic carbocycles. The minimum absolute atomic E-state index is 0. The molecule has 0 aromatic rings. The van der Waals surface area contributed by atoms with Crippen molar-refractivity contribution in [1.82, 2.24) is 15.5 Å². The third kappa shape index (κ3) is 8.15. The number of nitrogens with zero attached hydrogens (tertiary/aromatic N) is 1. The van der Waals surface area contributed by atoms with Crippen molar-refractivity contribution in [3.05, 3.63) is 0 Å². The van der Waals surface area contributed by atoms with Crippen molar-refractivity contribution in [1.29, 1.82) is 0 Å². The van der Waals surface area contributed by atoms with E-state index in [1.807, 2.05) is 0 Å². The fourth-order valence-electron chi connectivity index (χ4n) is 3.32. The van der Waals surface area contributed by atoms with Crippen molar-refractivity contribution in [2.75, 3.05) is 19.6 Å². The molecular formula is C18H35ClN6O4. The molecule has 1 heterocycles. The monoisotopic (exact) mass is 434 g/mol. The van der Waals surface area contributed by atoms with Crippen LogP contribution in [0.3, 0.4) is 0 Å². The molecule has 1 aliphatic heterocycles. The molecule has 0 aliphatic carbocycles. The first-order valence-electron chi connectivity index (χ1n) is 9.82. The number of carbonyl (C=O) groups is 4. The summed E-state index contributed by atoms with van der Waals surface area (Å²) < 4.78 is 0. The summed E-state index contributed by atoms with van der Waals surface area (Å²) in [5.74, 6) is -1.94. The van der Waals surface area contributed by atoms with Gasteiger partial charge in [0, 0.05) is 6.54 Å². The van der Waals surface area contributed by atoms with E-state index in [1.54, 1.807) is 13.8 Å². The second-order valence-corrected chi connectivity index (χ2v) is 7.43. The smallest absolute Gasteiger partial charge is 0.245 e. The van der Waals surface area contributed by atoms with Crippen LogP contribution >= 0.6 is 12.4 Å². The minimum atomic E-state index is -0.803. The van der Waals surface area contributed by atoms with Crippen LogP contribution in [0.5, 0.6) is 0 Å². The summed E-state index contributed by atoms with van der Waals surface area (Å²) in [7, 11) is 0. The summed E-state index contributed by atoms with van der Waals surface area (Å²) >= 11 is 0. The number of hydrogen-bond donors (Lipinski definition) is 5. The third-order valence-electron chi connectivity index (χ3n) is 4.88. The molecule has 0 radical (unpaired) electrons. The van der Waals surface area contributed by atoms with Crippen molar-refractivity contribution >= 4 is 36.0 Å². The Morgan fingerprint density at radius 3 is 2.28 bits per heavy atom. The van der Waals surface area contributed by atoms with Gasteiger partial charge in [-0.05, 0) is 44.6 Å². The Morgan fingerprint density at radius 1 is 1.10 bits per heavy atom. The van der Waals surface area contributed by atoms with Crippen molar-refractivity contribution in [2.24, 2.45) is 23.1 Å². The van der Waals surface area contributed by atoms with E-state index in [9.17, 15) is 19.2 Å². The van der Waals surface area contributed by atoms with Crippen LogP contribution in [0, 0.1) is 5.92 Å². The average molecular weight is 435 g/mol. The van der Waals surface area contributed by atoms with Crippen LogP contribution in [0.2, 0.25) is 0 Å². The first-order valence-corrected chi connectivity index (χ1v) is 9.82. The summed E-state index contributed by atoms with van der Waals surface area (Å²) in [5, 5.41) is 5.29. The maximum Gasteiger partial charge on any atom is 0.245 e. The average Bonchev–Trinajstić information content (AvgIpc) is 3.13. The first-order chi connectivity index (χ1) is 13.2. The zero-order valence-corrected chi connectivity index (χ0v) is 18.0. The van der Waals surface area contributed by atoms with Gasteiger partial charge in [0.05, 0.1) is 6.54 Å². The molecule has 10 nitrogen and oxygen atoms in total. The van der Waals surface area contributed by atoms with Gasteiger partial charge in [0.2, 0.25) is 23.6 Å². The molecule has 168 valence electrons. The molecule has 3 atom stereocenters. The quantitative estimate of drug-likeness (QED) is 0.250. The fraction of sp³-hybridized carbons (Fsp3) is 0.778. The molecule has 0 bridgehead atoms. The highest BCUT2D eigenvalue weighted by molar-refractivity contribution is 5.94. The van der Waals surface area contributed by atoms with E-state index in [1.165, 1.54) is 4.90 Å². The third-order valence-corrected chi connectivity index (χ3v) is 4.88. The highest BCUT2D eigenvalue weighted by atomic mass is 35.5. The van der Waals surface area contributed by atoms with Crippen LogP contribution in [-0.4, -0.2) is 66.3 Å². The summed E-state index contributed by atoms with van der Waals surface area (Å²) in [6.45, 7) is 4.24. The molecule has 0 saturated carbocycles. The largest absolute Gasteiger partial charge is 0.368 e. The normalized spacial score (nSPS) is 18.0. The van der Waals surface area contributed by atoms with Crippen LogP contribution < -0.4 is 27.8 Å². The Morgan fingerprint density at radius 2 is 1.76 bits per heavy atom. The maximum atomic E-state index is 13.0. The summed E-state index contributed by atoms with van der Waals surface area (Å²) in [4.78, 5) is 50.5. The van der Waals surface area contributed by atoms with Crippen LogP contribution in [0.4, 0.5) is 0 Å². The predicted octanol–water partition coefficient (Wildman–Crippen LogP) is -1.40. The number of nitrogens with one attached hydrogen (secondary N) is 2. The number of unbranched alkanes of at least 4 members (excludes halogenated alkanes) is 1. The van der Waals surface area contributed by atoms with Gasteiger partial charge < -0.3 is 32.7 Å². The summed E-state index contributed by atoms with van der Waals surface area (Å²) in [6, 6.07) is -2.25. The second-order valence-electron chi connectivity index (χ2n) is 7.43. The van der Waals surface area contributed by atoms with Crippen molar-refractivity contribution < 1.29 is 19.2 Å². The van der Waals surface area contributed by atoms with E-state index in [0.717, 1.165) is 6.42 Å². The molecule has 11 heteroatoms. The highest BCUT2D eigenvalue weighted by Crippen LogP contribution is 2.20. The van der Waals surface area contributed by atoms with Gasteiger partial charge in [-0.15, -0.1) is 12.4 Å².